The van der Waals surface area contributed by atoms with Crippen LogP contribution in [0.25, 0.3) is 0 Å². The Morgan fingerprint density at radius 1 is 1.27 bits per heavy atom. The van der Waals surface area contributed by atoms with Gasteiger partial charge in [-0.3, -0.25) is 4.79 Å². The van der Waals surface area contributed by atoms with Crippen LogP contribution in [-0.4, -0.2) is 22.0 Å². The maximum Gasteiger partial charge on any atom is 0.328 e. The van der Waals surface area contributed by atoms with Gasteiger partial charge in [-0.15, -0.1) is 0 Å². The van der Waals surface area contributed by atoms with Crippen molar-refractivity contribution in [1.29, 1.82) is 0 Å². The SMILES string of the molecule is Nc1c(O)cccc1C(=O)C=CC(=O)O. The molecule has 0 fully saturated rings. The van der Waals surface area contributed by atoms with Crippen LogP contribution in [0.4, 0.5) is 5.69 Å². The van der Waals surface area contributed by atoms with Gasteiger partial charge in [-0.2, -0.15) is 0 Å². The molecule has 0 bridgehead atoms. The number of carbonyl (C=O) groups excluding carboxylic acids is 1. The second-order valence-electron chi connectivity index (χ2n) is 2.77. The highest BCUT2D eigenvalue weighted by Gasteiger charge is 2.09. The number of para-hydroxylation sites is 1. The minimum Gasteiger partial charge on any atom is -0.506 e. The molecular weight excluding hydrogens is 198 g/mol. The molecule has 5 nitrogen and oxygen atoms in total. The summed E-state index contributed by atoms with van der Waals surface area (Å²) < 4.78 is 0. The lowest BCUT2D eigenvalue weighted by Crippen LogP contribution is -2.01. The molecule has 0 radical (unpaired) electrons. The van der Waals surface area contributed by atoms with E-state index in [0.717, 1.165) is 6.08 Å². The molecule has 0 heterocycles. The fourth-order valence-electron chi connectivity index (χ4n) is 1.00. The second kappa shape index (κ2) is 4.28. The first-order valence-corrected chi connectivity index (χ1v) is 4.05. The van der Waals surface area contributed by atoms with E-state index >= 15 is 0 Å². The summed E-state index contributed by atoms with van der Waals surface area (Å²) in [6.45, 7) is 0. The van der Waals surface area contributed by atoms with Gasteiger partial charge in [0.1, 0.15) is 5.75 Å². The molecule has 15 heavy (non-hydrogen) atoms. The minimum atomic E-state index is -1.22. The summed E-state index contributed by atoms with van der Waals surface area (Å²) in [5.41, 5.74) is 5.46. The zero-order valence-electron chi connectivity index (χ0n) is 7.68. The number of anilines is 1. The van der Waals surface area contributed by atoms with Gasteiger partial charge in [-0.1, -0.05) is 6.07 Å². The second-order valence-corrected chi connectivity index (χ2v) is 2.77. The van der Waals surface area contributed by atoms with Crippen molar-refractivity contribution in [3.05, 3.63) is 35.9 Å². The predicted octanol–water partition coefficient (Wildman–Crippen LogP) is 0.798. The fourth-order valence-corrected chi connectivity index (χ4v) is 1.00. The van der Waals surface area contributed by atoms with Crippen LogP contribution in [-0.2, 0) is 4.79 Å². The summed E-state index contributed by atoms with van der Waals surface area (Å²) in [5, 5.41) is 17.5. The average Bonchev–Trinajstić information content (AvgIpc) is 2.18. The van der Waals surface area contributed by atoms with Crippen molar-refractivity contribution in [2.45, 2.75) is 0 Å². The Morgan fingerprint density at radius 2 is 1.93 bits per heavy atom. The first-order chi connectivity index (χ1) is 7.02. The number of nitrogens with two attached hydrogens (primary N) is 1. The third kappa shape index (κ3) is 2.57. The molecule has 0 amide bonds. The first-order valence-electron chi connectivity index (χ1n) is 4.05. The number of carbonyl (C=O) groups is 2. The number of carboxylic acid groups (broad SMARTS) is 1. The lowest BCUT2D eigenvalue weighted by molar-refractivity contribution is -0.131. The minimum absolute atomic E-state index is 0.0578. The third-order valence-electron chi connectivity index (χ3n) is 1.73. The number of benzene rings is 1. The maximum atomic E-state index is 11.4. The summed E-state index contributed by atoms with van der Waals surface area (Å²) in [5.74, 6) is -1.99. The highest BCUT2D eigenvalue weighted by molar-refractivity contribution is 6.10. The molecule has 0 saturated carbocycles. The number of nitrogen functional groups attached to an aromatic ring is 1. The van der Waals surface area contributed by atoms with E-state index in [-0.39, 0.29) is 17.0 Å². The smallest absolute Gasteiger partial charge is 0.328 e. The molecule has 0 aliphatic carbocycles. The Morgan fingerprint density at radius 3 is 2.53 bits per heavy atom. The van der Waals surface area contributed by atoms with Crippen molar-refractivity contribution in [2.24, 2.45) is 0 Å². The van der Waals surface area contributed by atoms with Gasteiger partial charge in [0.2, 0.25) is 0 Å². The Hall–Kier alpha value is -2.30. The highest BCUT2D eigenvalue weighted by Crippen LogP contribution is 2.23. The standard InChI is InChI=1S/C10H9NO4/c11-10-6(2-1-3-8(10)13)7(12)4-5-9(14)15/h1-5,13H,11H2,(H,14,15). The Bertz CT molecular complexity index is 437. The third-order valence-corrected chi connectivity index (χ3v) is 1.73. The van der Waals surface area contributed by atoms with Gasteiger partial charge in [0.25, 0.3) is 0 Å². The number of phenolic OH excluding ortho intramolecular Hbond substituents is 1. The molecule has 1 aromatic rings. The van der Waals surface area contributed by atoms with E-state index < -0.39 is 11.8 Å². The zero-order chi connectivity index (χ0) is 11.4. The van der Waals surface area contributed by atoms with Gasteiger partial charge in [0.15, 0.2) is 5.78 Å². The molecule has 0 atom stereocenters. The van der Waals surface area contributed by atoms with Gasteiger partial charge in [-0.25, -0.2) is 4.79 Å². The number of aliphatic carboxylic acids is 1. The number of hydrogen-bond donors (Lipinski definition) is 3. The van der Waals surface area contributed by atoms with E-state index in [1.54, 1.807) is 0 Å². The zero-order valence-corrected chi connectivity index (χ0v) is 7.68. The highest BCUT2D eigenvalue weighted by atomic mass is 16.4. The number of rotatable bonds is 3. The molecule has 0 aliphatic rings. The monoisotopic (exact) mass is 207 g/mol. The van der Waals surface area contributed by atoms with Crippen LogP contribution in [0.5, 0.6) is 5.75 Å². The van der Waals surface area contributed by atoms with Crippen LogP contribution in [0.15, 0.2) is 30.4 Å². The number of allylic oxidation sites excluding steroid dienone is 1. The van der Waals surface area contributed by atoms with Crippen molar-refractivity contribution in [3.63, 3.8) is 0 Å². The Labute approximate surface area is 85.5 Å². The number of hydrogen-bond acceptors (Lipinski definition) is 4. The van der Waals surface area contributed by atoms with Crippen molar-refractivity contribution >= 4 is 17.4 Å². The summed E-state index contributed by atoms with van der Waals surface area (Å²) in [4.78, 5) is 21.5. The van der Waals surface area contributed by atoms with Gasteiger partial charge in [-0.05, 0) is 18.2 Å². The predicted molar refractivity (Wildman–Crippen MR) is 53.6 cm³/mol. The number of phenols is 1. The van der Waals surface area contributed by atoms with E-state index in [2.05, 4.69) is 0 Å². The molecule has 1 rings (SSSR count). The molecule has 0 aromatic heterocycles. The molecule has 0 spiro atoms. The molecule has 0 aliphatic heterocycles. The Balaban J connectivity index is 3.02. The lowest BCUT2D eigenvalue weighted by Gasteiger charge is -2.02. The van der Waals surface area contributed by atoms with Gasteiger partial charge < -0.3 is 15.9 Å². The molecule has 4 N–H and O–H groups in total. The number of aromatic hydroxyl groups is 1. The summed E-state index contributed by atoms with van der Waals surface area (Å²) in [7, 11) is 0. The molecule has 1 aromatic carbocycles. The topological polar surface area (TPSA) is 101 Å². The van der Waals surface area contributed by atoms with Crippen molar-refractivity contribution in [3.8, 4) is 5.75 Å². The van der Waals surface area contributed by atoms with E-state index in [1.807, 2.05) is 0 Å². The van der Waals surface area contributed by atoms with Crippen LogP contribution in [0.3, 0.4) is 0 Å². The average molecular weight is 207 g/mol. The van der Waals surface area contributed by atoms with Gasteiger partial charge >= 0.3 is 5.97 Å². The summed E-state index contributed by atoms with van der Waals surface area (Å²) in [6, 6.07) is 4.20. The molecule has 0 saturated heterocycles. The number of carboxylic acids is 1. The van der Waals surface area contributed by atoms with Crippen LogP contribution in [0.2, 0.25) is 0 Å². The Kier molecular flexibility index (Phi) is 3.07. The fraction of sp³-hybridized carbons (Fsp3) is 0. The van der Waals surface area contributed by atoms with Crippen LogP contribution >= 0.6 is 0 Å². The molecule has 78 valence electrons. The summed E-state index contributed by atoms with van der Waals surface area (Å²) in [6.07, 6.45) is 1.60. The van der Waals surface area contributed by atoms with Crippen molar-refractivity contribution in [2.75, 3.05) is 5.73 Å². The first kappa shape index (κ1) is 10.8. The maximum absolute atomic E-state index is 11.4. The van der Waals surface area contributed by atoms with Gasteiger partial charge in [0.05, 0.1) is 5.69 Å². The lowest BCUT2D eigenvalue weighted by atomic mass is 10.1. The molecule has 0 unspecified atom stereocenters. The largest absolute Gasteiger partial charge is 0.506 e. The van der Waals surface area contributed by atoms with Crippen molar-refractivity contribution in [1.82, 2.24) is 0 Å². The van der Waals surface area contributed by atoms with Crippen LogP contribution in [0, 0.1) is 0 Å². The molecule has 5 heteroatoms. The van der Waals surface area contributed by atoms with E-state index in [0.29, 0.717) is 6.08 Å². The summed E-state index contributed by atoms with van der Waals surface area (Å²) >= 11 is 0. The number of ketones is 1. The molecular formula is C10H9NO4. The van der Waals surface area contributed by atoms with Gasteiger partial charge in [0, 0.05) is 11.6 Å². The quantitative estimate of drug-likeness (QED) is 0.294. The van der Waals surface area contributed by atoms with E-state index in [1.165, 1.54) is 18.2 Å². The van der Waals surface area contributed by atoms with Crippen molar-refractivity contribution < 1.29 is 19.8 Å². The van der Waals surface area contributed by atoms with Crippen LogP contribution < -0.4 is 5.73 Å². The van der Waals surface area contributed by atoms with E-state index in [9.17, 15) is 14.7 Å². The normalized spacial score (nSPS) is 10.4. The van der Waals surface area contributed by atoms with Crippen LogP contribution in [0.1, 0.15) is 10.4 Å². The van der Waals surface area contributed by atoms with E-state index in [4.69, 9.17) is 10.8 Å².